The van der Waals surface area contributed by atoms with E-state index >= 15 is 0 Å². The Morgan fingerprint density at radius 3 is 3.00 bits per heavy atom. The maximum absolute atomic E-state index is 5.53. The lowest BCUT2D eigenvalue weighted by Gasteiger charge is -2.34. The molecule has 0 spiro atoms. The summed E-state index contributed by atoms with van der Waals surface area (Å²) in [7, 11) is 1.99. The van der Waals surface area contributed by atoms with Gasteiger partial charge in [-0.1, -0.05) is 0 Å². The smallest absolute Gasteiger partial charge is 0.107 e. The Balaban J connectivity index is 2.00. The minimum Gasteiger partial charge on any atom is -0.378 e. The Kier molecular flexibility index (Phi) is 4.50. The molecule has 17 heavy (non-hydrogen) atoms. The molecule has 5 heteroatoms. The summed E-state index contributed by atoms with van der Waals surface area (Å²) in [6, 6.07) is 0.471. The van der Waals surface area contributed by atoms with Gasteiger partial charge in [-0.2, -0.15) is 0 Å². The van der Waals surface area contributed by atoms with Gasteiger partial charge in [-0.15, -0.1) is 11.3 Å². The van der Waals surface area contributed by atoms with Crippen molar-refractivity contribution >= 4 is 11.3 Å². The van der Waals surface area contributed by atoms with Crippen LogP contribution < -0.4 is 5.32 Å². The average Bonchev–Trinajstić information content (AvgIpc) is 2.61. The van der Waals surface area contributed by atoms with Crippen molar-refractivity contribution in [3.63, 3.8) is 0 Å². The molecule has 0 saturated carbocycles. The summed E-state index contributed by atoms with van der Waals surface area (Å²) in [5.41, 5.74) is 1.17. The highest BCUT2D eigenvalue weighted by Crippen LogP contribution is 2.19. The molecule has 1 N–H and O–H groups in total. The van der Waals surface area contributed by atoms with Crippen LogP contribution in [-0.4, -0.2) is 49.3 Å². The van der Waals surface area contributed by atoms with E-state index in [1.807, 2.05) is 18.4 Å². The average molecular weight is 255 g/mol. The summed E-state index contributed by atoms with van der Waals surface area (Å²) >= 11 is 1.81. The number of ether oxygens (including phenoxy) is 1. The first-order valence-corrected chi connectivity index (χ1v) is 6.91. The number of nitrogens with zero attached hydrogens (tertiary/aromatic N) is 2. The topological polar surface area (TPSA) is 37.4 Å². The quantitative estimate of drug-likeness (QED) is 0.877. The zero-order valence-electron chi connectivity index (χ0n) is 10.8. The fourth-order valence-electron chi connectivity index (χ4n) is 2.10. The van der Waals surface area contributed by atoms with E-state index in [1.165, 1.54) is 15.6 Å². The largest absolute Gasteiger partial charge is 0.378 e. The fourth-order valence-corrected chi connectivity index (χ4v) is 3.06. The van der Waals surface area contributed by atoms with Gasteiger partial charge in [0.25, 0.3) is 0 Å². The van der Waals surface area contributed by atoms with Gasteiger partial charge in [0.05, 0.1) is 25.5 Å². The second-order valence-corrected chi connectivity index (χ2v) is 5.79. The first-order valence-electron chi connectivity index (χ1n) is 6.10. The maximum atomic E-state index is 5.53. The van der Waals surface area contributed by atoms with Crippen LogP contribution in [0.25, 0.3) is 0 Å². The van der Waals surface area contributed by atoms with Gasteiger partial charge in [0, 0.05) is 24.0 Å². The van der Waals surface area contributed by atoms with Crippen LogP contribution in [0.1, 0.15) is 15.6 Å². The van der Waals surface area contributed by atoms with E-state index in [4.69, 9.17) is 4.74 Å². The molecule has 0 aliphatic carbocycles. The molecule has 1 aliphatic rings. The van der Waals surface area contributed by atoms with Crippen molar-refractivity contribution in [1.29, 1.82) is 0 Å². The Bertz CT molecular complexity index is 345. The molecule has 0 bridgehead atoms. The highest BCUT2D eigenvalue weighted by Gasteiger charge is 2.23. The molecular formula is C12H21N3OS. The molecule has 1 aromatic rings. The number of nitrogens with one attached hydrogen (secondary N) is 1. The van der Waals surface area contributed by atoms with Crippen LogP contribution in [0.3, 0.4) is 0 Å². The first kappa shape index (κ1) is 13.0. The van der Waals surface area contributed by atoms with Crippen molar-refractivity contribution < 1.29 is 4.74 Å². The molecule has 4 nitrogen and oxygen atoms in total. The van der Waals surface area contributed by atoms with Crippen molar-refractivity contribution in [2.24, 2.45) is 0 Å². The third-order valence-electron chi connectivity index (χ3n) is 3.20. The molecule has 0 aromatic carbocycles. The summed E-state index contributed by atoms with van der Waals surface area (Å²) in [5, 5.41) is 4.46. The summed E-state index contributed by atoms with van der Waals surface area (Å²) in [6.45, 7) is 8.82. The SMILES string of the molecule is CNCC1COCCN1Cc1nc(C)c(C)s1. The van der Waals surface area contributed by atoms with Gasteiger partial charge < -0.3 is 10.1 Å². The molecule has 1 atom stereocenters. The molecular weight excluding hydrogens is 234 g/mol. The number of aromatic nitrogens is 1. The lowest BCUT2D eigenvalue weighted by atomic mass is 10.2. The van der Waals surface area contributed by atoms with E-state index < -0.39 is 0 Å². The summed E-state index contributed by atoms with van der Waals surface area (Å²) in [6.07, 6.45) is 0. The van der Waals surface area contributed by atoms with E-state index in [2.05, 4.69) is 29.0 Å². The van der Waals surface area contributed by atoms with Gasteiger partial charge in [-0.05, 0) is 20.9 Å². The van der Waals surface area contributed by atoms with Gasteiger partial charge in [0.15, 0.2) is 0 Å². The fraction of sp³-hybridized carbons (Fsp3) is 0.750. The van der Waals surface area contributed by atoms with E-state index in [0.29, 0.717) is 6.04 Å². The van der Waals surface area contributed by atoms with Crippen LogP contribution in [0.15, 0.2) is 0 Å². The minimum atomic E-state index is 0.471. The van der Waals surface area contributed by atoms with Crippen LogP contribution in [0.5, 0.6) is 0 Å². The van der Waals surface area contributed by atoms with Crippen LogP contribution in [-0.2, 0) is 11.3 Å². The minimum absolute atomic E-state index is 0.471. The molecule has 1 fully saturated rings. The highest BCUT2D eigenvalue weighted by molar-refractivity contribution is 7.11. The molecule has 1 saturated heterocycles. The van der Waals surface area contributed by atoms with Crippen LogP contribution >= 0.6 is 11.3 Å². The van der Waals surface area contributed by atoms with Crippen molar-refractivity contribution in [3.05, 3.63) is 15.6 Å². The zero-order chi connectivity index (χ0) is 12.3. The summed E-state index contributed by atoms with van der Waals surface area (Å²) in [4.78, 5) is 8.42. The lowest BCUT2D eigenvalue weighted by Crippen LogP contribution is -2.49. The van der Waals surface area contributed by atoms with Crippen molar-refractivity contribution in [1.82, 2.24) is 15.2 Å². The summed E-state index contributed by atoms with van der Waals surface area (Å²) in [5.74, 6) is 0. The predicted molar refractivity (Wildman–Crippen MR) is 70.5 cm³/mol. The standard InChI is InChI=1S/C12H21N3OS/c1-9-10(2)17-12(14-9)7-15-4-5-16-8-11(15)6-13-3/h11,13H,4-8H2,1-3H3. The third kappa shape index (κ3) is 3.25. The van der Waals surface area contributed by atoms with Gasteiger partial charge in [-0.25, -0.2) is 4.98 Å². The van der Waals surface area contributed by atoms with Gasteiger partial charge in [0.1, 0.15) is 5.01 Å². The number of likely N-dealkylation sites (N-methyl/N-ethyl adjacent to an activating group) is 1. The van der Waals surface area contributed by atoms with Crippen LogP contribution in [0.2, 0.25) is 0 Å². The van der Waals surface area contributed by atoms with E-state index in [0.717, 1.165) is 32.8 Å². The Hall–Kier alpha value is -0.490. The third-order valence-corrected chi connectivity index (χ3v) is 4.26. The van der Waals surface area contributed by atoms with E-state index in [1.54, 1.807) is 0 Å². The number of morpholine rings is 1. The molecule has 0 radical (unpaired) electrons. The number of hydrogen-bond donors (Lipinski definition) is 1. The second-order valence-electron chi connectivity index (χ2n) is 4.51. The zero-order valence-corrected chi connectivity index (χ0v) is 11.6. The van der Waals surface area contributed by atoms with Crippen molar-refractivity contribution in [2.45, 2.75) is 26.4 Å². The van der Waals surface area contributed by atoms with Gasteiger partial charge >= 0.3 is 0 Å². The van der Waals surface area contributed by atoms with E-state index in [9.17, 15) is 0 Å². The van der Waals surface area contributed by atoms with Crippen LogP contribution in [0.4, 0.5) is 0 Å². The Morgan fingerprint density at radius 2 is 2.35 bits per heavy atom. The predicted octanol–water partition coefficient (Wildman–Crippen LogP) is 1.18. The van der Waals surface area contributed by atoms with Crippen molar-refractivity contribution in [2.75, 3.05) is 33.4 Å². The van der Waals surface area contributed by atoms with E-state index in [-0.39, 0.29) is 0 Å². The number of thiazole rings is 1. The normalized spacial score (nSPS) is 21.9. The highest BCUT2D eigenvalue weighted by atomic mass is 32.1. The molecule has 1 aliphatic heterocycles. The molecule has 0 amide bonds. The molecule has 2 rings (SSSR count). The van der Waals surface area contributed by atoms with Crippen LogP contribution in [0, 0.1) is 13.8 Å². The molecule has 2 heterocycles. The van der Waals surface area contributed by atoms with Crippen molar-refractivity contribution in [3.8, 4) is 0 Å². The first-order chi connectivity index (χ1) is 8.20. The number of hydrogen-bond acceptors (Lipinski definition) is 5. The lowest BCUT2D eigenvalue weighted by molar-refractivity contribution is -0.0103. The summed E-state index contributed by atoms with van der Waals surface area (Å²) < 4.78 is 5.53. The molecule has 1 unspecified atom stereocenters. The maximum Gasteiger partial charge on any atom is 0.107 e. The number of rotatable bonds is 4. The molecule has 96 valence electrons. The monoisotopic (exact) mass is 255 g/mol. The Labute approximate surface area is 107 Å². The number of aryl methyl sites for hydroxylation is 2. The second kappa shape index (κ2) is 5.91. The van der Waals surface area contributed by atoms with Gasteiger partial charge in [0.2, 0.25) is 0 Å². The molecule has 1 aromatic heterocycles. The Morgan fingerprint density at radius 1 is 1.53 bits per heavy atom. The van der Waals surface area contributed by atoms with Gasteiger partial charge in [-0.3, -0.25) is 4.90 Å².